The molecule has 0 aromatic heterocycles. The van der Waals surface area contributed by atoms with Gasteiger partial charge in [-0.2, -0.15) is 12.6 Å². The van der Waals surface area contributed by atoms with Crippen LogP contribution in [-0.2, 0) is 11.2 Å². The quantitative estimate of drug-likeness (QED) is 0.759. The summed E-state index contributed by atoms with van der Waals surface area (Å²) in [5.41, 5.74) is 1.09. The van der Waals surface area contributed by atoms with Crippen LogP contribution < -0.4 is 14.8 Å². The highest BCUT2D eigenvalue weighted by molar-refractivity contribution is 7.81. The van der Waals surface area contributed by atoms with E-state index in [-0.39, 0.29) is 17.1 Å². The molecule has 112 valence electrons. The smallest absolute Gasteiger partial charge is 0.233 e. The molecule has 0 fully saturated rings. The molecule has 0 aliphatic rings. The molecule has 20 heavy (non-hydrogen) atoms. The number of hydrogen-bond donors (Lipinski definition) is 2. The van der Waals surface area contributed by atoms with Gasteiger partial charge in [0.15, 0.2) is 11.5 Å². The Labute approximate surface area is 126 Å². The normalized spacial score (nSPS) is 12.1. The summed E-state index contributed by atoms with van der Waals surface area (Å²) in [4.78, 5) is 11.8. The number of hydrogen-bond acceptors (Lipinski definition) is 4. The highest BCUT2D eigenvalue weighted by atomic mass is 32.1. The van der Waals surface area contributed by atoms with E-state index in [1.54, 1.807) is 14.2 Å². The van der Waals surface area contributed by atoms with Crippen molar-refractivity contribution in [3.05, 3.63) is 23.8 Å². The zero-order valence-corrected chi connectivity index (χ0v) is 13.4. The molecule has 1 rings (SSSR count). The van der Waals surface area contributed by atoms with Crippen LogP contribution in [0.1, 0.15) is 19.4 Å². The van der Waals surface area contributed by atoms with Crippen LogP contribution in [0.3, 0.4) is 0 Å². The maximum atomic E-state index is 11.8. The van der Waals surface area contributed by atoms with E-state index in [1.165, 1.54) is 0 Å². The van der Waals surface area contributed by atoms with Gasteiger partial charge in [0.25, 0.3) is 0 Å². The molecule has 1 N–H and O–H groups in total. The number of benzene rings is 1. The summed E-state index contributed by atoms with van der Waals surface area (Å²) in [5.74, 6) is 1.60. The fourth-order valence-corrected chi connectivity index (χ4v) is 1.86. The first kappa shape index (κ1) is 16.7. The number of rotatable bonds is 7. The highest BCUT2D eigenvalue weighted by Gasteiger charge is 2.16. The molecule has 0 heterocycles. The minimum absolute atomic E-state index is 0.0242. The topological polar surface area (TPSA) is 47.6 Å². The van der Waals surface area contributed by atoms with E-state index in [1.807, 2.05) is 32.0 Å². The summed E-state index contributed by atoms with van der Waals surface area (Å²) in [6.45, 7) is 4.54. The Hall–Kier alpha value is -1.36. The van der Waals surface area contributed by atoms with Crippen LogP contribution in [-0.4, -0.2) is 31.9 Å². The Morgan fingerprint density at radius 1 is 1.25 bits per heavy atom. The van der Waals surface area contributed by atoms with Gasteiger partial charge in [-0.3, -0.25) is 4.79 Å². The van der Waals surface area contributed by atoms with Crippen LogP contribution in [0.2, 0.25) is 0 Å². The fourth-order valence-electron chi connectivity index (χ4n) is 1.77. The molecule has 0 aliphatic heterocycles. The van der Waals surface area contributed by atoms with Crippen molar-refractivity contribution in [1.29, 1.82) is 0 Å². The second-order valence-electron chi connectivity index (χ2n) is 4.92. The Balaban J connectivity index is 2.52. The van der Waals surface area contributed by atoms with E-state index in [2.05, 4.69) is 17.9 Å². The molecule has 0 aliphatic carbocycles. The monoisotopic (exact) mass is 297 g/mol. The van der Waals surface area contributed by atoms with E-state index < -0.39 is 0 Å². The van der Waals surface area contributed by atoms with Gasteiger partial charge in [0, 0.05) is 6.54 Å². The van der Waals surface area contributed by atoms with Crippen molar-refractivity contribution in [2.24, 2.45) is 5.92 Å². The molecule has 0 saturated heterocycles. The van der Waals surface area contributed by atoms with E-state index >= 15 is 0 Å². The first-order chi connectivity index (χ1) is 9.49. The van der Waals surface area contributed by atoms with Gasteiger partial charge < -0.3 is 14.8 Å². The minimum Gasteiger partial charge on any atom is -0.493 e. The first-order valence-corrected chi connectivity index (χ1v) is 7.18. The Morgan fingerprint density at radius 2 is 1.90 bits per heavy atom. The number of amides is 1. The van der Waals surface area contributed by atoms with Gasteiger partial charge in [-0.15, -0.1) is 0 Å². The number of carbonyl (C=O) groups excluding carboxylic acids is 1. The molecule has 1 atom stereocenters. The number of carbonyl (C=O) groups is 1. The molecule has 0 radical (unpaired) electrons. The zero-order valence-electron chi connectivity index (χ0n) is 12.5. The van der Waals surface area contributed by atoms with Crippen molar-refractivity contribution < 1.29 is 14.3 Å². The highest BCUT2D eigenvalue weighted by Crippen LogP contribution is 2.27. The summed E-state index contributed by atoms with van der Waals surface area (Å²) >= 11 is 4.29. The minimum atomic E-state index is -0.264. The van der Waals surface area contributed by atoms with Crippen LogP contribution in [0.15, 0.2) is 18.2 Å². The predicted octanol–water partition coefficient (Wildman–Crippen LogP) is 2.32. The molecular weight excluding hydrogens is 274 g/mol. The lowest BCUT2D eigenvalue weighted by Gasteiger charge is -2.15. The van der Waals surface area contributed by atoms with E-state index in [9.17, 15) is 4.79 Å². The van der Waals surface area contributed by atoms with Crippen LogP contribution >= 0.6 is 12.6 Å². The molecular formula is C15H23NO3S. The van der Waals surface area contributed by atoms with Crippen molar-refractivity contribution in [3.63, 3.8) is 0 Å². The zero-order chi connectivity index (χ0) is 15.1. The maximum absolute atomic E-state index is 11.8. The lowest BCUT2D eigenvalue weighted by Crippen LogP contribution is -2.35. The third kappa shape index (κ3) is 4.63. The van der Waals surface area contributed by atoms with E-state index in [0.717, 1.165) is 12.0 Å². The predicted molar refractivity (Wildman–Crippen MR) is 83.9 cm³/mol. The van der Waals surface area contributed by atoms with E-state index in [0.29, 0.717) is 18.0 Å². The molecule has 1 aromatic carbocycles. The summed E-state index contributed by atoms with van der Waals surface area (Å²) < 4.78 is 10.4. The molecule has 1 aromatic rings. The number of methoxy groups -OCH3 is 2. The molecule has 0 spiro atoms. The standard InChI is InChI=1S/C15H23NO3S/c1-10(2)14(20)15(17)16-8-7-11-5-6-12(18-3)13(9-11)19-4/h5-6,9-10,14,20H,7-8H2,1-4H3,(H,16,17). The van der Waals surface area contributed by atoms with Gasteiger partial charge in [-0.1, -0.05) is 19.9 Å². The summed E-state index contributed by atoms with van der Waals surface area (Å²) in [5, 5.41) is 2.63. The summed E-state index contributed by atoms with van der Waals surface area (Å²) in [6, 6.07) is 5.76. The summed E-state index contributed by atoms with van der Waals surface area (Å²) in [6.07, 6.45) is 0.741. The number of ether oxygens (including phenoxy) is 2. The van der Waals surface area contributed by atoms with Crippen LogP contribution in [0, 0.1) is 5.92 Å². The third-order valence-electron chi connectivity index (χ3n) is 3.06. The second kappa shape index (κ2) is 8.04. The molecule has 0 saturated carbocycles. The van der Waals surface area contributed by atoms with Crippen LogP contribution in [0.25, 0.3) is 0 Å². The lowest BCUT2D eigenvalue weighted by atomic mass is 10.1. The Kier molecular flexibility index (Phi) is 6.71. The second-order valence-corrected chi connectivity index (χ2v) is 5.48. The first-order valence-electron chi connectivity index (χ1n) is 6.66. The van der Waals surface area contributed by atoms with Gasteiger partial charge in [-0.25, -0.2) is 0 Å². The van der Waals surface area contributed by atoms with Crippen molar-refractivity contribution in [3.8, 4) is 11.5 Å². The van der Waals surface area contributed by atoms with Gasteiger partial charge in [0.05, 0.1) is 19.5 Å². The average Bonchev–Trinajstić information content (AvgIpc) is 2.45. The molecule has 4 nitrogen and oxygen atoms in total. The molecule has 1 amide bonds. The van der Waals surface area contributed by atoms with Crippen molar-refractivity contribution in [2.45, 2.75) is 25.5 Å². The van der Waals surface area contributed by atoms with Gasteiger partial charge in [-0.05, 0) is 30.0 Å². The van der Waals surface area contributed by atoms with Gasteiger partial charge in [0.1, 0.15) is 0 Å². The van der Waals surface area contributed by atoms with Gasteiger partial charge in [0.2, 0.25) is 5.91 Å². The average molecular weight is 297 g/mol. The molecule has 5 heteroatoms. The third-order valence-corrected chi connectivity index (χ3v) is 3.89. The van der Waals surface area contributed by atoms with Crippen molar-refractivity contribution in [1.82, 2.24) is 5.32 Å². The maximum Gasteiger partial charge on any atom is 0.233 e. The molecule has 1 unspecified atom stereocenters. The summed E-state index contributed by atoms with van der Waals surface area (Å²) in [7, 11) is 3.22. The SMILES string of the molecule is COc1ccc(CCNC(=O)C(S)C(C)C)cc1OC. The fraction of sp³-hybridized carbons (Fsp3) is 0.533. The Bertz CT molecular complexity index is 449. The van der Waals surface area contributed by atoms with Crippen molar-refractivity contribution >= 4 is 18.5 Å². The van der Waals surface area contributed by atoms with E-state index in [4.69, 9.17) is 9.47 Å². The number of nitrogens with one attached hydrogen (secondary N) is 1. The largest absolute Gasteiger partial charge is 0.493 e. The Morgan fingerprint density at radius 3 is 2.45 bits per heavy atom. The number of thiol groups is 1. The molecule has 0 bridgehead atoms. The van der Waals surface area contributed by atoms with Crippen LogP contribution in [0.5, 0.6) is 11.5 Å². The van der Waals surface area contributed by atoms with Gasteiger partial charge >= 0.3 is 0 Å². The lowest BCUT2D eigenvalue weighted by molar-refractivity contribution is -0.121. The van der Waals surface area contributed by atoms with Crippen LogP contribution in [0.4, 0.5) is 0 Å². The van der Waals surface area contributed by atoms with Crippen molar-refractivity contribution in [2.75, 3.05) is 20.8 Å².